The summed E-state index contributed by atoms with van der Waals surface area (Å²) in [6, 6.07) is 2.54. The molecule has 0 amide bonds. The van der Waals surface area contributed by atoms with Crippen LogP contribution in [-0.4, -0.2) is 43.6 Å². The van der Waals surface area contributed by atoms with Crippen LogP contribution in [0, 0.1) is 0 Å². The van der Waals surface area contributed by atoms with Crippen molar-refractivity contribution in [3.63, 3.8) is 0 Å². The number of thiophene rings is 1. The second-order valence-corrected chi connectivity index (χ2v) is 5.46. The van der Waals surface area contributed by atoms with Crippen LogP contribution in [0.5, 0.6) is 0 Å². The van der Waals surface area contributed by atoms with Gasteiger partial charge in [-0.25, -0.2) is 0 Å². The maximum Gasteiger partial charge on any atom is 0.191 e. The lowest BCUT2D eigenvalue weighted by molar-refractivity contribution is 0.224. The fourth-order valence-electron chi connectivity index (χ4n) is 2.25. The van der Waals surface area contributed by atoms with Crippen LogP contribution < -0.4 is 10.6 Å². The molecule has 4 nitrogen and oxygen atoms in total. The molecule has 1 atom stereocenters. The minimum absolute atomic E-state index is 0. The Balaban J connectivity index is 0.00000441. The predicted octanol–water partition coefficient (Wildman–Crippen LogP) is 3.49. The van der Waals surface area contributed by atoms with E-state index in [2.05, 4.69) is 59.7 Å². The number of likely N-dealkylation sites (N-methyl/N-ethyl adjacent to an activating group) is 1. The van der Waals surface area contributed by atoms with E-state index in [1.54, 1.807) is 11.3 Å². The second kappa shape index (κ2) is 12.9. The molecule has 1 heterocycles. The van der Waals surface area contributed by atoms with Crippen LogP contribution in [-0.2, 0) is 0 Å². The predicted molar refractivity (Wildman–Crippen MR) is 110 cm³/mol. The molecule has 1 aromatic rings. The number of rotatable bonds is 9. The van der Waals surface area contributed by atoms with Gasteiger partial charge in [-0.3, -0.25) is 9.89 Å². The molecule has 6 heteroatoms. The van der Waals surface area contributed by atoms with Gasteiger partial charge in [-0.05, 0) is 42.4 Å². The summed E-state index contributed by atoms with van der Waals surface area (Å²) in [7, 11) is 0. The highest BCUT2D eigenvalue weighted by molar-refractivity contribution is 14.0. The molecule has 2 N–H and O–H groups in total. The number of hydrogen-bond donors (Lipinski definition) is 2. The highest BCUT2D eigenvalue weighted by atomic mass is 127. The van der Waals surface area contributed by atoms with Crippen molar-refractivity contribution in [1.82, 2.24) is 15.5 Å². The molecule has 126 valence electrons. The van der Waals surface area contributed by atoms with E-state index in [1.165, 1.54) is 5.56 Å². The van der Waals surface area contributed by atoms with Crippen LogP contribution in [0.2, 0.25) is 0 Å². The first kappa shape index (κ1) is 21.4. The van der Waals surface area contributed by atoms with Crippen molar-refractivity contribution in [2.45, 2.75) is 26.8 Å². The van der Waals surface area contributed by atoms with Crippen LogP contribution in [0.1, 0.15) is 32.4 Å². The van der Waals surface area contributed by atoms with Crippen LogP contribution in [0.4, 0.5) is 0 Å². The second-order valence-electron chi connectivity index (χ2n) is 4.68. The zero-order valence-electron chi connectivity index (χ0n) is 13.8. The largest absolute Gasteiger partial charge is 0.357 e. The lowest BCUT2D eigenvalue weighted by atomic mass is 10.1. The first-order valence-corrected chi connectivity index (χ1v) is 8.60. The molecule has 1 unspecified atom stereocenters. The monoisotopic (exact) mass is 436 g/mol. The van der Waals surface area contributed by atoms with Crippen LogP contribution in [0.3, 0.4) is 0 Å². The third kappa shape index (κ3) is 7.11. The molecule has 1 rings (SSSR count). The summed E-state index contributed by atoms with van der Waals surface area (Å²) in [4.78, 5) is 7.18. The Morgan fingerprint density at radius 3 is 2.59 bits per heavy atom. The highest BCUT2D eigenvalue weighted by Crippen LogP contribution is 2.23. The molecule has 0 aliphatic heterocycles. The number of halogens is 1. The van der Waals surface area contributed by atoms with Gasteiger partial charge in [0.1, 0.15) is 0 Å². The molecule has 0 saturated heterocycles. The fourth-order valence-corrected chi connectivity index (χ4v) is 2.96. The van der Waals surface area contributed by atoms with Gasteiger partial charge >= 0.3 is 0 Å². The summed E-state index contributed by atoms with van der Waals surface area (Å²) in [6.45, 7) is 14.6. The lowest BCUT2D eigenvalue weighted by Crippen LogP contribution is -2.38. The van der Waals surface area contributed by atoms with Gasteiger partial charge in [0.25, 0.3) is 0 Å². The van der Waals surface area contributed by atoms with Gasteiger partial charge in [0.2, 0.25) is 0 Å². The molecule has 22 heavy (non-hydrogen) atoms. The van der Waals surface area contributed by atoms with E-state index >= 15 is 0 Å². The van der Waals surface area contributed by atoms with Gasteiger partial charge in [-0.15, -0.1) is 30.6 Å². The van der Waals surface area contributed by atoms with Crippen molar-refractivity contribution in [3.05, 3.63) is 35.0 Å². The Kier molecular flexibility index (Phi) is 12.5. The van der Waals surface area contributed by atoms with Gasteiger partial charge < -0.3 is 10.6 Å². The number of aliphatic imine (C=N–C) groups is 1. The highest BCUT2D eigenvalue weighted by Gasteiger charge is 2.18. The summed E-state index contributed by atoms with van der Waals surface area (Å²) in [5, 5.41) is 10.9. The minimum atomic E-state index is 0. The maximum absolute atomic E-state index is 4.73. The SMILES string of the molecule is C=CCNC(=NCC(c1ccsc1)N(CC)CC)NCC.I. The number of hydrogen-bond acceptors (Lipinski definition) is 3. The molecule has 0 fully saturated rings. The van der Waals surface area contributed by atoms with Crippen molar-refractivity contribution >= 4 is 41.3 Å². The van der Waals surface area contributed by atoms with E-state index in [1.807, 2.05) is 6.08 Å². The number of guanidine groups is 1. The summed E-state index contributed by atoms with van der Waals surface area (Å²) >= 11 is 1.75. The molecular formula is C16H29IN4S. The summed E-state index contributed by atoms with van der Waals surface area (Å²) < 4.78 is 0. The van der Waals surface area contributed by atoms with Crippen LogP contribution >= 0.6 is 35.3 Å². The van der Waals surface area contributed by atoms with E-state index in [4.69, 9.17) is 4.99 Å². The Morgan fingerprint density at radius 2 is 2.09 bits per heavy atom. The Bertz CT molecular complexity index is 416. The van der Waals surface area contributed by atoms with Crippen molar-refractivity contribution in [3.8, 4) is 0 Å². The van der Waals surface area contributed by atoms with Crippen molar-refractivity contribution < 1.29 is 0 Å². The smallest absolute Gasteiger partial charge is 0.191 e. The van der Waals surface area contributed by atoms with Crippen LogP contribution in [0.15, 0.2) is 34.5 Å². The van der Waals surface area contributed by atoms with Crippen molar-refractivity contribution in [1.29, 1.82) is 0 Å². The number of nitrogens with zero attached hydrogens (tertiary/aromatic N) is 2. The molecule has 0 saturated carbocycles. The van der Waals surface area contributed by atoms with E-state index < -0.39 is 0 Å². The topological polar surface area (TPSA) is 39.7 Å². The van der Waals surface area contributed by atoms with Gasteiger partial charge in [0, 0.05) is 13.1 Å². The van der Waals surface area contributed by atoms with Gasteiger partial charge in [-0.2, -0.15) is 11.3 Å². The van der Waals surface area contributed by atoms with Gasteiger partial charge in [-0.1, -0.05) is 19.9 Å². The molecule has 0 aromatic carbocycles. The summed E-state index contributed by atoms with van der Waals surface area (Å²) in [5.74, 6) is 0.852. The fraction of sp³-hybridized carbons (Fsp3) is 0.562. The molecule has 0 radical (unpaired) electrons. The Labute approximate surface area is 156 Å². The zero-order chi connectivity index (χ0) is 15.5. The third-order valence-corrected chi connectivity index (χ3v) is 4.06. The van der Waals surface area contributed by atoms with Gasteiger partial charge in [0.05, 0.1) is 12.6 Å². The van der Waals surface area contributed by atoms with E-state index in [0.717, 1.165) is 38.7 Å². The number of nitrogens with one attached hydrogen (secondary N) is 2. The molecule has 0 aliphatic carbocycles. The molecule has 0 spiro atoms. The molecule has 0 bridgehead atoms. The van der Waals surface area contributed by atoms with E-state index in [9.17, 15) is 0 Å². The first-order chi connectivity index (χ1) is 10.3. The van der Waals surface area contributed by atoms with Crippen molar-refractivity contribution in [2.75, 3.05) is 32.7 Å². The molecular weight excluding hydrogens is 407 g/mol. The van der Waals surface area contributed by atoms with Gasteiger partial charge in [0.15, 0.2) is 5.96 Å². The average Bonchev–Trinajstić information content (AvgIpc) is 3.02. The summed E-state index contributed by atoms with van der Waals surface area (Å²) in [6.07, 6.45) is 1.84. The average molecular weight is 436 g/mol. The first-order valence-electron chi connectivity index (χ1n) is 7.65. The quantitative estimate of drug-likeness (QED) is 0.270. The maximum atomic E-state index is 4.73. The lowest BCUT2D eigenvalue weighted by Gasteiger charge is -2.28. The normalized spacial score (nSPS) is 12.6. The van der Waals surface area contributed by atoms with E-state index in [0.29, 0.717) is 6.04 Å². The standard InChI is InChI=1S/C16H28N4S.HI/c1-5-10-18-16(17-6-2)19-12-15(20(7-3)8-4)14-9-11-21-13-14;/h5,9,11,13,15H,1,6-8,10,12H2,2-4H3,(H2,17,18,19);1H. The van der Waals surface area contributed by atoms with Crippen molar-refractivity contribution in [2.24, 2.45) is 4.99 Å². The Hall–Kier alpha value is -0.600. The summed E-state index contributed by atoms with van der Waals surface area (Å²) in [5.41, 5.74) is 1.35. The third-order valence-electron chi connectivity index (χ3n) is 3.36. The van der Waals surface area contributed by atoms with E-state index in [-0.39, 0.29) is 24.0 Å². The molecule has 1 aromatic heterocycles. The zero-order valence-corrected chi connectivity index (χ0v) is 17.0. The Morgan fingerprint density at radius 1 is 1.36 bits per heavy atom. The molecule has 0 aliphatic rings. The van der Waals surface area contributed by atoms with Crippen LogP contribution in [0.25, 0.3) is 0 Å². The minimum Gasteiger partial charge on any atom is -0.357 e.